The second-order valence-corrected chi connectivity index (χ2v) is 8.34. The zero-order chi connectivity index (χ0) is 22.1. The fraction of sp³-hybridized carbons (Fsp3) is 0.417. The molecule has 1 atom stereocenters. The Morgan fingerprint density at radius 1 is 1.13 bits per heavy atom. The Morgan fingerprint density at radius 2 is 1.87 bits per heavy atom. The Morgan fingerprint density at radius 3 is 2.53 bits per heavy atom. The number of allylic oxidation sites excluding steroid dienone is 2. The molecule has 0 unspecified atom stereocenters. The summed E-state index contributed by atoms with van der Waals surface area (Å²) < 4.78 is 10.8. The largest absolute Gasteiger partial charge is 0.493 e. The minimum absolute atomic E-state index is 0.264. The predicted molar refractivity (Wildman–Crippen MR) is 123 cm³/mol. The molecule has 1 amide bonds. The first-order valence-electron chi connectivity index (χ1n) is 10.3. The van der Waals surface area contributed by atoms with Crippen molar-refractivity contribution in [3.63, 3.8) is 0 Å². The van der Waals surface area contributed by atoms with Crippen LogP contribution in [0.3, 0.4) is 0 Å². The van der Waals surface area contributed by atoms with E-state index in [0.717, 1.165) is 17.7 Å². The lowest BCUT2D eigenvalue weighted by Gasteiger charge is -2.10. The highest BCUT2D eigenvalue weighted by atomic mass is 32.1. The van der Waals surface area contributed by atoms with Crippen molar-refractivity contribution in [3.05, 3.63) is 58.0 Å². The Balaban J connectivity index is 2.29. The minimum Gasteiger partial charge on any atom is -0.493 e. The molecule has 0 bridgehead atoms. The van der Waals surface area contributed by atoms with Crippen LogP contribution in [-0.4, -0.2) is 25.1 Å². The lowest BCUT2D eigenvalue weighted by Crippen LogP contribution is -2.15. The number of hydrogen-bond acceptors (Lipinski definition) is 5. The second-order valence-electron chi connectivity index (χ2n) is 7.26. The first-order chi connectivity index (χ1) is 14.4. The van der Waals surface area contributed by atoms with Crippen molar-refractivity contribution in [2.45, 2.75) is 53.4 Å². The molecule has 1 aromatic carbocycles. The Labute approximate surface area is 183 Å². The number of esters is 1. The van der Waals surface area contributed by atoms with Gasteiger partial charge in [0, 0.05) is 4.88 Å². The smallest absolute Gasteiger partial charge is 0.341 e. The highest BCUT2D eigenvalue weighted by Crippen LogP contribution is 2.36. The van der Waals surface area contributed by atoms with Crippen LogP contribution < -0.4 is 10.1 Å². The van der Waals surface area contributed by atoms with E-state index in [1.165, 1.54) is 16.9 Å². The first-order valence-corrected chi connectivity index (χ1v) is 11.2. The number of para-hydroxylation sites is 1. The molecule has 6 heteroatoms. The molecule has 1 N–H and O–H groups in total. The van der Waals surface area contributed by atoms with E-state index in [0.29, 0.717) is 28.5 Å². The Hall–Kier alpha value is -2.60. The average Bonchev–Trinajstić information content (AvgIpc) is 3.12. The van der Waals surface area contributed by atoms with E-state index >= 15 is 0 Å². The van der Waals surface area contributed by atoms with Crippen molar-refractivity contribution < 1.29 is 19.1 Å². The summed E-state index contributed by atoms with van der Waals surface area (Å²) in [5, 5.41) is 3.41. The molecule has 5 nitrogen and oxygen atoms in total. The lowest BCUT2D eigenvalue weighted by atomic mass is 10.0. The van der Waals surface area contributed by atoms with E-state index in [2.05, 4.69) is 32.2 Å². The molecule has 0 spiro atoms. The standard InChI is InChI=1S/C24H31NO4S/c1-6-28-20-14-9-8-13-18(20)22(26)25-23-19(24(27)29-7-2)15-21(30-23)17(5)12-10-11-16(3)4/h8-9,11,13-15,17H,6-7,10,12H2,1-5H3,(H,25,26)/t17-/m0/s1. The lowest BCUT2D eigenvalue weighted by molar-refractivity contribution is 0.0528. The second kappa shape index (κ2) is 11.6. The van der Waals surface area contributed by atoms with Crippen LogP contribution in [0.1, 0.15) is 79.0 Å². The Bertz CT molecular complexity index is 896. The van der Waals surface area contributed by atoms with Crippen molar-refractivity contribution in [1.29, 1.82) is 0 Å². The highest BCUT2D eigenvalue weighted by molar-refractivity contribution is 7.16. The van der Waals surface area contributed by atoms with E-state index < -0.39 is 5.97 Å². The Kier molecular flexibility index (Phi) is 9.12. The minimum atomic E-state index is -0.426. The van der Waals surface area contributed by atoms with Crippen LogP contribution in [0.15, 0.2) is 42.0 Å². The van der Waals surface area contributed by atoms with Crippen molar-refractivity contribution in [3.8, 4) is 5.75 Å². The normalized spacial score (nSPS) is 11.5. The van der Waals surface area contributed by atoms with Crippen LogP contribution in [0.25, 0.3) is 0 Å². The average molecular weight is 430 g/mol. The van der Waals surface area contributed by atoms with Gasteiger partial charge in [-0.25, -0.2) is 4.79 Å². The molecule has 0 aliphatic carbocycles. The number of nitrogens with one attached hydrogen (secondary N) is 1. The molecule has 0 aliphatic heterocycles. The molecule has 0 fully saturated rings. The number of hydrogen-bond donors (Lipinski definition) is 1. The van der Waals surface area contributed by atoms with Crippen molar-refractivity contribution >= 4 is 28.2 Å². The van der Waals surface area contributed by atoms with Gasteiger partial charge in [0.2, 0.25) is 0 Å². The molecule has 30 heavy (non-hydrogen) atoms. The van der Waals surface area contributed by atoms with E-state index in [9.17, 15) is 9.59 Å². The number of rotatable bonds is 10. The van der Waals surface area contributed by atoms with Gasteiger partial charge in [-0.3, -0.25) is 4.79 Å². The number of anilines is 1. The summed E-state index contributed by atoms with van der Waals surface area (Å²) in [7, 11) is 0. The summed E-state index contributed by atoms with van der Waals surface area (Å²) in [6, 6.07) is 8.93. The molecule has 1 heterocycles. The van der Waals surface area contributed by atoms with Crippen LogP contribution in [0.2, 0.25) is 0 Å². The van der Waals surface area contributed by atoms with E-state index in [1.807, 2.05) is 19.1 Å². The van der Waals surface area contributed by atoms with Crippen LogP contribution in [0, 0.1) is 0 Å². The van der Waals surface area contributed by atoms with Crippen LogP contribution in [0.4, 0.5) is 5.00 Å². The van der Waals surface area contributed by atoms with Crippen molar-refractivity contribution in [2.75, 3.05) is 18.5 Å². The number of amides is 1. The number of carbonyl (C=O) groups excluding carboxylic acids is 2. The maximum absolute atomic E-state index is 12.9. The third-order valence-electron chi connectivity index (χ3n) is 4.54. The molecular weight excluding hydrogens is 398 g/mol. The van der Waals surface area contributed by atoms with Gasteiger partial charge in [-0.1, -0.05) is 30.7 Å². The van der Waals surface area contributed by atoms with Gasteiger partial charge in [-0.2, -0.15) is 0 Å². The number of ether oxygens (including phenoxy) is 2. The number of benzene rings is 1. The summed E-state index contributed by atoms with van der Waals surface area (Å²) in [6.45, 7) is 10.7. The maximum Gasteiger partial charge on any atom is 0.341 e. The summed E-state index contributed by atoms with van der Waals surface area (Å²) in [6.07, 6.45) is 4.15. The van der Waals surface area contributed by atoms with Gasteiger partial charge < -0.3 is 14.8 Å². The molecule has 2 aromatic rings. The summed E-state index contributed by atoms with van der Waals surface area (Å²) >= 11 is 1.43. The topological polar surface area (TPSA) is 64.6 Å². The van der Waals surface area contributed by atoms with Gasteiger partial charge in [0.1, 0.15) is 10.8 Å². The van der Waals surface area contributed by atoms with Gasteiger partial charge in [0.25, 0.3) is 5.91 Å². The van der Waals surface area contributed by atoms with E-state index in [1.54, 1.807) is 25.1 Å². The first kappa shape index (κ1) is 23.7. The van der Waals surface area contributed by atoms with Gasteiger partial charge in [0.15, 0.2) is 0 Å². The third kappa shape index (κ3) is 6.46. The highest BCUT2D eigenvalue weighted by Gasteiger charge is 2.22. The van der Waals surface area contributed by atoms with Gasteiger partial charge >= 0.3 is 5.97 Å². The SMILES string of the molecule is CCOC(=O)c1cc([C@@H](C)CCC=C(C)C)sc1NC(=O)c1ccccc1OCC. The fourth-order valence-corrected chi connectivity index (χ4v) is 4.10. The van der Waals surface area contributed by atoms with Gasteiger partial charge in [-0.05, 0) is 64.7 Å². The predicted octanol–water partition coefficient (Wildman–Crippen LogP) is 6.43. The summed E-state index contributed by atoms with van der Waals surface area (Å²) in [5.74, 6) is 0.0438. The maximum atomic E-state index is 12.9. The number of thiophene rings is 1. The van der Waals surface area contributed by atoms with Crippen LogP contribution in [-0.2, 0) is 4.74 Å². The third-order valence-corrected chi connectivity index (χ3v) is 5.83. The quantitative estimate of drug-likeness (QED) is 0.349. The van der Waals surface area contributed by atoms with Crippen LogP contribution in [0.5, 0.6) is 5.75 Å². The molecular formula is C24H31NO4S. The van der Waals surface area contributed by atoms with Gasteiger partial charge in [0.05, 0.1) is 24.3 Å². The molecule has 2 rings (SSSR count). The van der Waals surface area contributed by atoms with E-state index in [-0.39, 0.29) is 18.4 Å². The zero-order valence-electron chi connectivity index (χ0n) is 18.4. The van der Waals surface area contributed by atoms with Crippen LogP contribution >= 0.6 is 11.3 Å². The molecule has 0 aliphatic rings. The molecule has 0 radical (unpaired) electrons. The summed E-state index contributed by atoms with van der Waals surface area (Å²) in [5.41, 5.74) is 2.12. The molecule has 0 saturated heterocycles. The van der Waals surface area contributed by atoms with Crippen molar-refractivity contribution in [1.82, 2.24) is 0 Å². The van der Waals surface area contributed by atoms with Gasteiger partial charge in [-0.15, -0.1) is 11.3 Å². The van der Waals surface area contributed by atoms with Crippen molar-refractivity contribution in [2.24, 2.45) is 0 Å². The van der Waals surface area contributed by atoms with E-state index in [4.69, 9.17) is 9.47 Å². The molecule has 0 saturated carbocycles. The zero-order valence-corrected chi connectivity index (χ0v) is 19.2. The molecule has 162 valence electrons. The number of carbonyl (C=O) groups is 2. The monoisotopic (exact) mass is 429 g/mol. The molecule has 1 aromatic heterocycles. The fourth-order valence-electron chi connectivity index (χ4n) is 2.98. The summed E-state index contributed by atoms with van der Waals surface area (Å²) in [4.78, 5) is 26.5.